The summed E-state index contributed by atoms with van der Waals surface area (Å²) in [6, 6.07) is 5.49. The second kappa shape index (κ2) is 8.57. The topological polar surface area (TPSA) is 52.6 Å². The average molecular weight is 306 g/mol. The van der Waals surface area contributed by atoms with E-state index in [0.29, 0.717) is 18.1 Å². The van der Waals surface area contributed by atoms with Crippen LogP contribution in [0.5, 0.6) is 5.75 Å². The van der Waals surface area contributed by atoms with Gasteiger partial charge in [0.1, 0.15) is 5.75 Å². The van der Waals surface area contributed by atoms with Crippen LogP contribution >= 0.6 is 0 Å². The van der Waals surface area contributed by atoms with Crippen LogP contribution < -0.4 is 4.74 Å². The molecule has 0 radical (unpaired) electrons. The van der Waals surface area contributed by atoms with E-state index in [2.05, 4.69) is 32.4 Å². The Hall–Kier alpha value is -1.84. The molecule has 22 heavy (non-hydrogen) atoms. The molecule has 0 bridgehead atoms. The van der Waals surface area contributed by atoms with Crippen LogP contribution in [0.15, 0.2) is 18.2 Å². The fourth-order valence-electron chi connectivity index (χ4n) is 2.02. The van der Waals surface area contributed by atoms with Gasteiger partial charge in [0.05, 0.1) is 20.1 Å². The van der Waals surface area contributed by atoms with Gasteiger partial charge in [-0.05, 0) is 35.6 Å². The minimum Gasteiger partial charge on any atom is -0.493 e. The van der Waals surface area contributed by atoms with Crippen LogP contribution in [0.25, 0.3) is 0 Å². The lowest BCUT2D eigenvalue weighted by atomic mass is 9.96. The van der Waals surface area contributed by atoms with E-state index in [4.69, 9.17) is 4.74 Å². The summed E-state index contributed by atoms with van der Waals surface area (Å²) < 4.78 is 10.4. The number of ether oxygens (including phenoxy) is 2. The zero-order valence-corrected chi connectivity index (χ0v) is 14.1. The van der Waals surface area contributed by atoms with Gasteiger partial charge in [0.25, 0.3) is 0 Å². The Labute approximate surface area is 132 Å². The molecule has 0 N–H and O–H groups in total. The summed E-state index contributed by atoms with van der Waals surface area (Å²) in [7, 11) is 1.32. The van der Waals surface area contributed by atoms with E-state index in [1.165, 1.54) is 7.11 Å². The first-order chi connectivity index (χ1) is 10.3. The van der Waals surface area contributed by atoms with Crippen LogP contribution in [-0.2, 0) is 9.53 Å². The average Bonchev–Trinajstić information content (AvgIpc) is 2.49. The highest BCUT2D eigenvalue weighted by atomic mass is 16.5. The van der Waals surface area contributed by atoms with Gasteiger partial charge >= 0.3 is 5.97 Å². The molecular formula is C18H26O4. The Morgan fingerprint density at radius 2 is 1.77 bits per heavy atom. The maximum absolute atomic E-state index is 12.2. The fraction of sp³-hybridized carbons (Fsp3) is 0.556. The lowest BCUT2D eigenvalue weighted by Crippen LogP contribution is -2.09. The highest BCUT2D eigenvalue weighted by Gasteiger charge is 2.14. The molecule has 0 fully saturated rings. The number of esters is 1. The number of hydrogen-bond donors (Lipinski definition) is 0. The van der Waals surface area contributed by atoms with Crippen LogP contribution in [0, 0.1) is 5.92 Å². The third-order valence-corrected chi connectivity index (χ3v) is 3.31. The number of ketones is 1. The highest BCUT2D eigenvalue weighted by Crippen LogP contribution is 2.28. The minimum absolute atomic E-state index is 0.0530. The van der Waals surface area contributed by atoms with E-state index in [1.54, 1.807) is 6.07 Å². The predicted molar refractivity (Wildman–Crippen MR) is 86.4 cm³/mol. The molecule has 0 atom stereocenters. The van der Waals surface area contributed by atoms with E-state index in [9.17, 15) is 9.59 Å². The highest BCUT2D eigenvalue weighted by molar-refractivity contribution is 5.97. The quantitative estimate of drug-likeness (QED) is 0.538. The lowest BCUT2D eigenvalue weighted by molar-refractivity contribution is -0.140. The van der Waals surface area contributed by atoms with E-state index in [1.807, 2.05) is 12.1 Å². The normalized spacial score (nSPS) is 10.9. The first-order valence-corrected chi connectivity index (χ1v) is 7.71. The number of benzene rings is 1. The van der Waals surface area contributed by atoms with Crippen molar-refractivity contribution >= 4 is 11.8 Å². The molecule has 4 nitrogen and oxygen atoms in total. The van der Waals surface area contributed by atoms with Crippen molar-refractivity contribution < 1.29 is 19.1 Å². The van der Waals surface area contributed by atoms with Crippen LogP contribution in [-0.4, -0.2) is 25.5 Å². The van der Waals surface area contributed by atoms with Gasteiger partial charge in [-0.15, -0.1) is 0 Å². The maximum atomic E-state index is 12.2. The Morgan fingerprint density at radius 3 is 2.32 bits per heavy atom. The Morgan fingerprint density at radius 1 is 1.09 bits per heavy atom. The molecule has 0 aliphatic carbocycles. The number of rotatable bonds is 8. The second-order valence-corrected chi connectivity index (χ2v) is 6.11. The largest absolute Gasteiger partial charge is 0.493 e. The van der Waals surface area contributed by atoms with E-state index >= 15 is 0 Å². The van der Waals surface area contributed by atoms with Crippen molar-refractivity contribution in [1.82, 2.24) is 0 Å². The molecule has 0 aromatic heterocycles. The molecule has 0 aliphatic heterocycles. The minimum atomic E-state index is -0.366. The summed E-state index contributed by atoms with van der Waals surface area (Å²) in [6.45, 7) is 8.98. The molecule has 0 amide bonds. The van der Waals surface area contributed by atoms with Crippen molar-refractivity contribution in [3.05, 3.63) is 29.3 Å². The van der Waals surface area contributed by atoms with Gasteiger partial charge in [-0.2, -0.15) is 0 Å². The molecular weight excluding hydrogens is 280 g/mol. The first kappa shape index (κ1) is 18.2. The van der Waals surface area contributed by atoms with E-state index < -0.39 is 0 Å². The van der Waals surface area contributed by atoms with Crippen molar-refractivity contribution in [2.24, 2.45) is 5.92 Å². The molecule has 4 heteroatoms. The molecule has 0 spiro atoms. The Balaban J connectivity index is 2.87. The van der Waals surface area contributed by atoms with Gasteiger partial charge in [-0.1, -0.05) is 27.7 Å². The summed E-state index contributed by atoms with van der Waals surface area (Å²) in [5.74, 6) is 1.11. The predicted octanol–water partition coefficient (Wildman–Crippen LogP) is 3.98. The smallest absolute Gasteiger partial charge is 0.305 e. The van der Waals surface area contributed by atoms with E-state index in [-0.39, 0.29) is 30.5 Å². The summed E-state index contributed by atoms with van der Waals surface area (Å²) in [4.78, 5) is 23.3. The number of hydrogen-bond acceptors (Lipinski definition) is 4. The van der Waals surface area contributed by atoms with Crippen LogP contribution in [0.2, 0.25) is 0 Å². The molecule has 0 unspecified atom stereocenters. The van der Waals surface area contributed by atoms with Crippen molar-refractivity contribution in [3.63, 3.8) is 0 Å². The second-order valence-electron chi connectivity index (χ2n) is 6.11. The first-order valence-electron chi connectivity index (χ1n) is 7.71. The fourth-order valence-corrected chi connectivity index (χ4v) is 2.02. The van der Waals surface area contributed by atoms with Crippen molar-refractivity contribution in [3.8, 4) is 5.75 Å². The molecule has 1 aromatic carbocycles. The van der Waals surface area contributed by atoms with Gasteiger partial charge in [0.2, 0.25) is 0 Å². The third kappa shape index (κ3) is 5.51. The SMILES string of the molecule is COC(=O)CCC(=O)c1ccc(OCC(C)C)c(C(C)C)c1. The van der Waals surface area contributed by atoms with Gasteiger partial charge < -0.3 is 9.47 Å². The maximum Gasteiger partial charge on any atom is 0.305 e. The van der Waals surface area contributed by atoms with Gasteiger partial charge in [-0.25, -0.2) is 0 Å². The zero-order valence-electron chi connectivity index (χ0n) is 14.1. The van der Waals surface area contributed by atoms with Crippen molar-refractivity contribution in [2.45, 2.75) is 46.5 Å². The Kier molecular flexibility index (Phi) is 7.09. The third-order valence-electron chi connectivity index (χ3n) is 3.31. The summed E-state index contributed by atoms with van der Waals surface area (Å²) in [5, 5.41) is 0. The van der Waals surface area contributed by atoms with Gasteiger partial charge in [0, 0.05) is 12.0 Å². The standard InChI is InChI=1S/C18H26O4/c1-12(2)11-22-17-8-6-14(10-15(17)13(3)4)16(19)7-9-18(20)21-5/h6,8,10,12-13H,7,9,11H2,1-5H3. The zero-order chi connectivity index (χ0) is 16.7. The molecule has 0 saturated carbocycles. The summed E-state index contributed by atoms with van der Waals surface area (Å²) >= 11 is 0. The van der Waals surface area contributed by atoms with Crippen LogP contribution in [0.1, 0.15) is 62.4 Å². The van der Waals surface area contributed by atoms with Gasteiger partial charge in [0.15, 0.2) is 5.78 Å². The molecule has 0 heterocycles. The number of methoxy groups -OCH3 is 1. The van der Waals surface area contributed by atoms with Crippen LogP contribution in [0.3, 0.4) is 0 Å². The number of carbonyl (C=O) groups is 2. The summed E-state index contributed by atoms with van der Waals surface area (Å²) in [5.41, 5.74) is 1.63. The Bertz CT molecular complexity index is 518. The molecule has 122 valence electrons. The van der Waals surface area contributed by atoms with E-state index in [0.717, 1.165) is 11.3 Å². The monoisotopic (exact) mass is 306 g/mol. The molecule has 1 rings (SSSR count). The molecule has 0 saturated heterocycles. The summed E-state index contributed by atoms with van der Waals surface area (Å²) in [6.07, 6.45) is 0.272. The molecule has 1 aromatic rings. The van der Waals surface area contributed by atoms with Crippen LogP contribution in [0.4, 0.5) is 0 Å². The molecule has 0 aliphatic rings. The van der Waals surface area contributed by atoms with Crippen molar-refractivity contribution in [2.75, 3.05) is 13.7 Å². The number of carbonyl (C=O) groups excluding carboxylic acids is 2. The van der Waals surface area contributed by atoms with Crippen molar-refractivity contribution in [1.29, 1.82) is 0 Å². The number of Topliss-reactive ketones (excluding diaryl/α,β-unsaturated/α-hetero) is 1. The lowest BCUT2D eigenvalue weighted by Gasteiger charge is -2.16. The van der Waals surface area contributed by atoms with Gasteiger partial charge in [-0.3, -0.25) is 9.59 Å².